The molecule has 1 N–H and O–H groups in total. The number of aryl methyl sites for hydroxylation is 3. The lowest BCUT2D eigenvalue weighted by atomic mass is 10.1. The van der Waals surface area contributed by atoms with Crippen LogP contribution in [0, 0.1) is 27.7 Å². The van der Waals surface area contributed by atoms with E-state index in [-0.39, 0.29) is 5.91 Å². The summed E-state index contributed by atoms with van der Waals surface area (Å²) in [7, 11) is 0. The zero-order valence-electron chi connectivity index (χ0n) is 16.5. The van der Waals surface area contributed by atoms with Gasteiger partial charge in [-0.05, 0) is 51.0 Å². The van der Waals surface area contributed by atoms with Crippen LogP contribution in [0.5, 0.6) is 0 Å². The molecule has 0 aliphatic rings. The highest BCUT2D eigenvalue weighted by atomic mass is 32.1. The summed E-state index contributed by atoms with van der Waals surface area (Å²) >= 11 is 1.39. The number of rotatable bonds is 5. The second kappa shape index (κ2) is 8.26. The molecule has 0 saturated carbocycles. The van der Waals surface area contributed by atoms with Crippen LogP contribution in [0.3, 0.4) is 0 Å². The first-order valence-corrected chi connectivity index (χ1v) is 9.67. The summed E-state index contributed by atoms with van der Waals surface area (Å²) in [5.74, 6) is 0.346. The fourth-order valence-electron chi connectivity index (χ4n) is 2.76. The van der Waals surface area contributed by atoms with Crippen molar-refractivity contribution in [1.82, 2.24) is 15.0 Å². The molecule has 0 fully saturated rings. The topological polar surface area (TPSA) is 83.4 Å². The molecule has 2 heterocycles. The molecule has 2 aromatic heterocycles. The first-order chi connectivity index (χ1) is 13.3. The van der Waals surface area contributed by atoms with Gasteiger partial charge in [0.1, 0.15) is 0 Å². The predicted molar refractivity (Wildman–Crippen MR) is 114 cm³/mol. The van der Waals surface area contributed by atoms with Crippen molar-refractivity contribution in [3.63, 3.8) is 0 Å². The van der Waals surface area contributed by atoms with Gasteiger partial charge in [0.25, 0.3) is 0 Å². The summed E-state index contributed by atoms with van der Waals surface area (Å²) in [6.07, 6.45) is 1.59. The maximum atomic E-state index is 12.3. The minimum absolute atomic E-state index is 0.0895. The molecule has 1 aromatic carbocycles. The van der Waals surface area contributed by atoms with Gasteiger partial charge in [0.15, 0.2) is 5.13 Å². The lowest BCUT2D eigenvalue weighted by Gasteiger charge is -2.21. The van der Waals surface area contributed by atoms with Crippen LogP contribution in [0.4, 0.5) is 16.8 Å². The van der Waals surface area contributed by atoms with E-state index in [0.717, 1.165) is 28.2 Å². The molecule has 28 heavy (non-hydrogen) atoms. The molecule has 0 bridgehead atoms. The Morgan fingerprint density at radius 1 is 1.14 bits per heavy atom. The Bertz CT molecular complexity index is 1020. The van der Waals surface area contributed by atoms with E-state index in [1.165, 1.54) is 18.3 Å². The van der Waals surface area contributed by atoms with Crippen molar-refractivity contribution in [3.8, 4) is 0 Å². The normalized spacial score (nSPS) is 11.0. The van der Waals surface area contributed by atoms with Crippen molar-refractivity contribution in [2.24, 2.45) is 5.10 Å². The minimum Gasteiger partial charge on any atom is -0.274 e. The highest BCUT2D eigenvalue weighted by molar-refractivity contribution is 7.14. The van der Waals surface area contributed by atoms with Gasteiger partial charge in [-0.2, -0.15) is 5.10 Å². The second-order valence-corrected chi connectivity index (χ2v) is 7.31. The van der Waals surface area contributed by atoms with E-state index in [4.69, 9.17) is 0 Å². The summed E-state index contributed by atoms with van der Waals surface area (Å²) in [6, 6.07) is 7.79. The van der Waals surface area contributed by atoms with Crippen molar-refractivity contribution in [2.75, 3.05) is 10.3 Å². The largest absolute Gasteiger partial charge is 0.274 e. The monoisotopic (exact) mass is 394 g/mol. The summed E-state index contributed by atoms with van der Waals surface area (Å²) in [6.45, 7) is 9.37. The van der Waals surface area contributed by atoms with Crippen LogP contribution in [0.25, 0.3) is 0 Å². The van der Waals surface area contributed by atoms with Crippen LogP contribution in [0.2, 0.25) is 0 Å². The zero-order chi connectivity index (χ0) is 20.3. The lowest BCUT2D eigenvalue weighted by molar-refractivity contribution is -0.115. The third-order valence-electron chi connectivity index (χ3n) is 4.18. The summed E-state index contributed by atoms with van der Waals surface area (Å²) in [5.41, 5.74) is 8.21. The predicted octanol–water partition coefficient (Wildman–Crippen LogP) is 4.30. The Balaban J connectivity index is 1.81. The molecule has 0 unspecified atom stereocenters. The fraction of sp³-hybridized carbons (Fsp3) is 0.250. The van der Waals surface area contributed by atoms with Crippen molar-refractivity contribution in [1.29, 1.82) is 0 Å². The highest BCUT2D eigenvalue weighted by Gasteiger charge is 2.19. The van der Waals surface area contributed by atoms with Crippen LogP contribution < -0.4 is 10.3 Å². The van der Waals surface area contributed by atoms with E-state index in [9.17, 15) is 4.79 Å². The maximum Gasteiger partial charge on any atom is 0.243 e. The first kappa shape index (κ1) is 19.6. The van der Waals surface area contributed by atoms with Crippen LogP contribution >= 0.6 is 11.3 Å². The Morgan fingerprint density at radius 3 is 2.54 bits per heavy atom. The van der Waals surface area contributed by atoms with Crippen molar-refractivity contribution in [3.05, 3.63) is 57.9 Å². The molecule has 0 spiro atoms. The van der Waals surface area contributed by atoms with Crippen molar-refractivity contribution < 1.29 is 4.79 Å². The van der Waals surface area contributed by atoms with E-state index >= 15 is 0 Å². The molecule has 0 saturated heterocycles. The summed E-state index contributed by atoms with van der Waals surface area (Å²) < 4.78 is 0. The average Bonchev–Trinajstić information content (AvgIpc) is 3.06. The number of thiazole rings is 1. The standard InChI is InChI=1S/C20H22N6OS/c1-12-7-6-8-18(15(12)4)26(16(5)27)20-24-17(11-28-20)10-21-25-19-22-13(2)9-14(3)23-19/h6-11H,1-5H3,(H,22,23,25)/b21-10-. The molecule has 0 aliphatic heterocycles. The van der Waals surface area contributed by atoms with Crippen LogP contribution in [-0.2, 0) is 4.79 Å². The number of amides is 1. The third-order valence-corrected chi connectivity index (χ3v) is 5.02. The number of hydrogen-bond acceptors (Lipinski definition) is 7. The quantitative estimate of drug-likeness (QED) is 0.515. The summed E-state index contributed by atoms with van der Waals surface area (Å²) in [4.78, 5) is 27.0. The SMILES string of the molecule is CC(=O)N(c1nc(/C=N\Nc2nc(C)cc(C)n2)cs1)c1cccc(C)c1C. The first-order valence-electron chi connectivity index (χ1n) is 8.79. The molecule has 8 heteroatoms. The Morgan fingerprint density at radius 2 is 1.86 bits per heavy atom. The van der Waals surface area contributed by atoms with Gasteiger partial charge in [0.2, 0.25) is 11.9 Å². The number of anilines is 3. The number of hydrazone groups is 1. The molecule has 0 radical (unpaired) electrons. The molecule has 7 nitrogen and oxygen atoms in total. The molecule has 144 valence electrons. The van der Waals surface area contributed by atoms with E-state index in [1.807, 2.05) is 57.3 Å². The van der Waals surface area contributed by atoms with E-state index in [1.54, 1.807) is 11.1 Å². The van der Waals surface area contributed by atoms with Crippen LogP contribution in [-0.4, -0.2) is 27.1 Å². The van der Waals surface area contributed by atoms with E-state index < -0.39 is 0 Å². The molecule has 3 rings (SSSR count). The molecular weight excluding hydrogens is 372 g/mol. The number of aromatic nitrogens is 3. The van der Waals surface area contributed by atoms with Gasteiger partial charge in [-0.25, -0.2) is 20.4 Å². The summed E-state index contributed by atoms with van der Waals surface area (Å²) in [5, 5.41) is 6.61. The van der Waals surface area contributed by atoms with Gasteiger partial charge in [0, 0.05) is 23.7 Å². The number of carbonyl (C=O) groups is 1. The molecule has 0 atom stereocenters. The van der Waals surface area contributed by atoms with Gasteiger partial charge >= 0.3 is 0 Å². The second-order valence-electron chi connectivity index (χ2n) is 6.47. The molecule has 0 aliphatic carbocycles. The Labute approximate surface area is 168 Å². The van der Waals surface area contributed by atoms with Gasteiger partial charge in [-0.15, -0.1) is 11.3 Å². The van der Waals surface area contributed by atoms with E-state index in [0.29, 0.717) is 16.8 Å². The number of benzene rings is 1. The number of hydrogen-bond donors (Lipinski definition) is 1. The Kier molecular flexibility index (Phi) is 5.79. The number of nitrogens with zero attached hydrogens (tertiary/aromatic N) is 5. The molecule has 3 aromatic rings. The maximum absolute atomic E-state index is 12.3. The van der Waals surface area contributed by atoms with Crippen LogP contribution in [0.15, 0.2) is 34.7 Å². The zero-order valence-corrected chi connectivity index (χ0v) is 17.3. The smallest absolute Gasteiger partial charge is 0.243 e. The van der Waals surface area contributed by atoms with Crippen molar-refractivity contribution >= 4 is 40.2 Å². The molecular formula is C20H22N6OS. The molecule has 1 amide bonds. The highest BCUT2D eigenvalue weighted by Crippen LogP contribution is 2.32. The van der Waals surface area contributed by atoms with Gasteiger partial charge in [0.05, 0.1) is 17.6 Å². The number of nitrogens with one attached hydrogen (secondary N) is 1. The van der Waals surface area contributed by atoms with Crippen LogP contribution in [0.1, 0.15) is 35.1 Å². The van der Waals surface area contributed by atoms with Gasteiger partial charge in [-0.3, -0.25) is 9.69 Å². The lowest BCUT2D eigenvalue weighted by Crippen LogP contribution is -2.23. The number of carbonyl (C=O) groups excluding carboxylic acids is 1. The fourth-order valence-corrected chi connectivity index (χ4v) is 3.59. The van der Waals surface area contributed by atoms with E-state index in [2.05, 4.69) is 25.5 Å². The Hall–Kier alpha value is -3.13. The average molecular weight is 395 g/mol. The van der Waals surface area contributed by atoms with Gasteiger partial charge < -0.3 is 0 Å². The van der Waals surface area contributed by atoms with Gasteiger partial charge in [-0.1, -0.05) is 12.1 Å². The third kappa shape index (κ3) is 4.40. The van der Waals surface area contributed by atoms with Crippen molar-refractivity contribution in [2.45, 2.75) is 34.6 Å². The minimum atomic E-state index is -0.0895.